The second-order valence-electron chi connectivity index (χ2n) is 5.21. The first-order valence-electron chi connectivity index (χ1n) is 7.02. The molecule has 2 aromatic rings. The van der Waals surface area contributed by atoms with Crippen LogP contribution >= 0.6 is 0 Å². The van der Waals surface area contributed by atoms with Crippen LogP contribution in [-0.2, 0) is 4.79 Å². The van der Waals surface area contributed by atoms with Gasteiger partial charge in [-0.1, -0.05) is 0 Å². The Hall–Kier alpha value is -2.83. The van der Waals surface area contributed by atoms with Gasteiger partial charge in [0.1, 0.15) is 11.5 Å². The summed E-state index contributed by atoms with van der Waals surface area (Å²) in [5, 5.41) is 6.16. The Morgan fingerprint density at radius 2 is 2.18 bits per heavy atom. The second-order valence-corrected chi connectivity index (χ2v) is 5.21. The fraction of sp³-hybridized carbons (Fsp3) is 0.267. The van der Waals surface area contributed by atoms with Crippen LogP contribution in [-0.4, -0.2) is 47.5 Å². The fourth-order valence-corrected chi connectivity index (χ4v) is 2.41. The van der Waals surface area contributed by atoms with Crippen molar-refractivity contribution in [1.29, 1.82) is 0 Å². The van der Waals surface area contributed by atoms with Crippen LogP contribution in [0.15, 0.2) is 35.4 Å². The van der Waals surface area contributed by atoms with Crippen molar-refractivity contribution < 1.29 is 4.79 Å². The zero-order chi connectivity index (χ0) is 15.5. The number of anilines is 2. The van der Waals surface area contributed by atoms with Gasteiger partial charge in [-0.3, -0.25) is 9.59 Å². The molecule has 0 aromatic carbocycles. The van der Waals surface area contributed by atoms with Crippen molar-refractivity contribution in [2.45, 2.75) is 6.04 Å². The van der Waals surface area contributed by atoms with Gasteiger partial charge in [-0.2, -0.15) is 0 Å². The molecule has 7 heteroatoms. The molecule has 1 saturated heterocycles. The molecule has 3 N–H and O–H groups in total. The standard InChI is InChI=1S/C15H17N5O2/c1-16-14-5-10(2-3-17-14)11-4-13(15(22)18-6-11)19-12-7-20(8-12)9-21/h2-6,9,12,19H,7-8H2,1H3,(H,16,17)(H,18,22). The maximum Gasteiger partial charge on any atom is 0.271 e. The normalized spacial score (nSPS) is 14.3. The Labute approximate surface area is 127 Å². The van der Waals surface area contributed by atoms with E-state index in [1.807, 2.05) is 18.2 Å². The first kappa shape index (κ1) is 14.1. The number of aromatic amines is 1. The van der Waals surface area contributed by atoms with Gasteiger partial charge in [-0.05, 0) is 23.8 Å². The molecular formula is C15H17N5O2. The highest BCUT2D eigenvalue weighted by Gasteiger charge is 2.25. The lowest BCUT2D eigenvalue weighted by Crippen LogP contribution is -2.54. The quantitative estimate of drug-likeness (QED) is 0.708. The van der Waals surface area contributed by atoms with E-state index in [9.17, 15) is 9.59 Å². The van der Waals surface area contributed by atoms with Crippen LogP contribution in [0.5, 0.6) is 0 Å². The average molecular weight is 299 g/mol. The van der Waals surface area contributed by atoms with Crippen LogP contribution in [0, 0.1) is 0 Å². The number of aromatic nitrogens is 2. The van der Waals surface area contributed by atoms with Crippen molar-refractivity contribution >= 4 is 17.9 Å². The van der Waals surface area contributed by atoms with Crippen molar-refractivity contribution in [3.8, 4) is 11.1 Å². The molecule has 0 aliphatic carbocycles. The summed E-state index contributed by atoms with van der Waals surface area (Å²) in [7, 11) is 1.81. The smallest absolute Gasteiger partial charge is 0.271 e. The molecule has 0 radical (unpaired) electrons. The molecule has 2 aromatic heterocycles. The van der Waals surface area contributed by atoms with E-state index in [4.69, 9.17) is 0 Å². The van der Waals surface area contributed by atoms with Gasteiger partial charge in [0.25, 0.3) is 5.56 Å². The Balaban J connectivity index is 1.83. The third-order valence-electron chi connectivity index (χ3n) is 3.67. The van der Waals surface area contributed by atoms with Gasteiger partial charge >= 0.3 is 0 Å². The number of amides is 1. The van der Waals surface area contributed by atoms with Crippen molar-refractivity contribution in [2.75, 3.05) is 30.8 Å². The van der Waals surface area contributed by atoms with E-state index in [0.29, 0.717) is 18.8 Å². The fourth-order valence-electron chi connectivity index (χ4n) is 2.41. The molecule has 0 bridgehead atoms. The molecule has 114 valence electrons. The molecule has 0 unspecified atom stereocenters. The van der Waals surface area contributed by atoms with Gasteiger partial charge in [0.05, 0.1) is 6.04 Å². The van der Waals surface area contributed by atoms with Crippen LogP contribution in [0.3, 0.4) is 0 Å². The van der Waals surface area contributed by atoms with Gasteiger partial charge in [0.2, 0.25) is 6.41 Å². The molecular weight excluding hydrogens is 282 g/mol. The minimum Gasteiger partial charge on any atom is -0.374 e. The van der Waals surface area contributed by atoms with Crippen LogP contribution in [0.25, 0.3) is 11.1 Å². The van der Waals surface area contributed by atoms with Crippen LogP contribution in [0.1, 0.15) is 0 Å². The maximum atomic E-state index is 11.9. The van der Waals surface area contributed by atoms with Crippen molar-refractivity contribution in [2.24, 2.45) is 0 Å². The van der Waals surface area contributed by atoms with E-state index in [1.54, 1.807) is 24.3 Å². The number of hydrogen-bond donors (Lipinski definition) is 3. The molecule has 0 atom stereocenters. The third kappa shape index (κ3) is 2.78. The van der Waals surface area contributed by atoms with E-state index >= 15 is 0 Å². The van der Waals surface area contributed by atoms with E-state index in [0.717, 1.165) is 23.4 Å². The molecule has 1 aliphatic rings. The highest BCUT2D eigenvalue weighted by atomic mass is 16.1. The molecule has 0 saturated carbocycles. The van der Waals surface area contributed by atoms with E-state index in [1.165, 1.54) is 0 Å². The summed E-state index contributed by atoms with van der Waals surface area (Å²) < 4.78 is 0. The van der Waals surface area contributed by atoms with Crippen molar-refractivity contribution in [3.63, 3.8) is 0 Å². The van der Waals surface area contributed by atoms with Gasteiger partial charge < -0.3 is 20.5 Å². The minimum absolute atomic E-state index is 0.117. The number of likely N-dealkylation sites (tertiary alicyclic amines) is 1. The lowest BCUT2D eigenvalue weighted by molar-refractivity contribution is -0.121. The zero-order valence-electron chi connectivity index (χ0n) is 12.2. The van der Waals surface area contributed by atoms with Crippen LogP contribution in [0.4, 0.5) is 11.5 Å². The Morgan fingerprint density at radius 1 is 1.36 bits per heavy atom. The van der Waals surface area contributed by atoms with E-state index in [-0.39, 0.29) is 11.6 Å². The predicted octanol–water partition coefficient (Wildman–Crippen LogP) is 0.731. The summed E-state index contributed by atoms with van der Waals surface area (Å²) >= 11 is 0. The van der Waals surface area contributed by atoms with E-state index in [2.05, 4.69) is 20.6 Å². The summed E-state index contributed by atoms with van der Waals surface area (Å²) in [5.74, 6) is 0.763. The number of pyridine rings is 2. The summed E-state index contributed by atoms with van der Waals surface area (Å²) in [6.07, 6.45) is 4.21. The Bertz CT molecular complexity index is 737. The number of nitrogens with one attached hydrogen (secondary N) is 3. The summed E-state index contributed by atoms with van der Waals surface area (Å²) in [6.45, 7) is 1.23. The van der Waals surface area contributed by atoms with Gasteiger partial charge in [-0.25, -0.2) is 4.98 Å². The molecule has 1 amide bonds. The van der Waals surface area contributed by atoms with Crippen LogP contribution in [0.2, 0.25) is 0 Å². The molecule has 3 rings (SSSR count). The molecule has 7 nitrogen and oxygen atoms in total. The third-order valence-corrected chi connectivity index (χ3v) is 3.67. The van der Waals surface area contributed by atoms with Gasteiger partial charge in [-0.15, -0.1) is 0 Å². The maximum absolute atomic E-state index is 11.9. The summed E-state index contributed by atoms with van der Waals surface area (Å²) in [5.41, 5.74) is 2.20. The first-order chi connectivity index (χ1) is 10.7. The Morgan fingerprint density at radius 3 is 2.91 bits per heavy atom. The van der Waals surface area contributed by atoms with E-state index < -0.39 is 0 Å². The summed E-state index contributed by atoms with van der Waals surface area (Å²) in [6, 6.07) is 5.73. The SMILES string of the molecule is CNc1cc(-c2c[nH]c(=O)c(NC3CN(C=O)C3)c2)ccn1. The second kappa shape index (κ2) is 5.88. The number of carbonyl (C=O) groups excluding carboxylic acids is 1. The van der Waals surface area contributed by atoms with Gasteiger partial charge in [0.15, 0.2) is 0 Å². The highest BCUT2D eigenvalue weighted by molar-refractivity contribution is 5.69. The lowest BCUT2D eigenvalue weighted by atomic mass is 10.1. The number of H-pyrrole nitrogens is 1. The van der Waals surface area contributed by atoms with Crippen molar-refractivity contribution in [3.05, 3.63) is 40.9 Å². The highest BCUT2D eigenvalue weighted by Crippen LogP contribution is 2.22. The average Bonchev–Trinajstić information content (AvgIpc) is 2.52. The lowest BCUT2D eigenvalue weighted by Gasteiger charge is -2.37. The van der Waals surface area contributed by atoms with Crippen molar-refractivity contribution in [1.82, 2.24) is 14.9 Å². The number of nitrogens with zero attached hydrogens (tertiary/aromatic N) is 2. The first-order valence-corrected chi connectivity index (χ1v) is 7.02. The zero-order valence-corrected chi connectivity index (χ0v) is 12.2. The van der Waals surface area contributed by atoms with Crippen LogP contribution < -0.4 is 16.2 Å². The number of hydrogen-bond acceptors (Lipinski definition) is 5. The topological polar surface area (TPSA) is 90.1 Å². The predicted molar refractivity (Wildman–Crippen MR) is 84.9 cm³/mol. The molecule has 0 spiro atoms. The largest absolute Gasteiger partial charge is 0.374 e. The monoisotopic (exact) mass is 299 g/mol. The summed E-state index contributed by atoms with van der Waals surface area (Å²) in [4.78, 5) is 31.1. The molecule has 1 fully saturated rings. The van der Waals surface area contributed by atoms with Gasteiger partial charge in [0, 0.05) is 38.1 Å². The molecule has 1 aliphatic heterocycles. The Kier molecular flexibility index (Phi) is 3.78. The molecule has 3 heterocycles. The number of carbonyl (C=O) groups is 1. The number of rotatable bonds is 5. The molecule has 22 heavy (non-hydrogen) atoms. The minimum atomic E-state index is -0.170.